The molecule has 2 N–H and O–H groups in total. The first-order valence-electron chi connectivity index (χ1n) is 9.07. The molecule has 1 saturated heterocycles. The van der Waals surface area contributed by atoms with Crippen molar-refractivity contribution in [2.24, 2.45) is 0 Å². The molecule has 1 aliphatic carbocycles. The Morgan fingerprint density at radius 1 is 1.21 bits per heavy atom. The van der Waals surface area contributed by atoms with Gasteiger partial charge in [-0.3, -0.25) is 4.79 Å². The van der Waals surface area contributed by atoms with Gasteiger partial charge >= 0.3 is 6.36 Å². The average molecular weight is 422 g/mol. The Balaban J connectivity index is 1.58. The predicted molar refractivity (Wildman–Crippen MR) is 93.2 cm³/mol. The lowest BCUT2D eigenvalue weighted by Gasteiger charge is -2.34. The number of amides is 1. The Morgan fingerprint density at radius 2 is 1.79 bits per heavy atom. The minimum Gasteiger partial charge on any atom is -0.406 e. The van der Waals surface area contributed by atoms with Gasteiger partial charge in [-0.25, -0.2) is 8.42 Å². The number of alkyl halides is 3. The number of carbonyl (C=O) groups excluding carboxylic acids is 1. The maximum absolute atomic E-state index is 12.7. The minimum absolute atomic E-state index is 0.0194. The molecule has 156 valence electrons. The molecule has 28 heavy (non-hydrogen) atoms. The minimum atomic E-state index is -4.83. The highest BCUT2D eigenvalue weighted by atomic mass is 32.2. The smallest absolute Gasteiger partial charge is 0.406 e. The van der Waals surface area contributed by atoms with Gasteiger partial charge in [0.05, 0.1) is 31.1 Å². The van der Waals surface area contributed by atoms with E-state index in [-0.39, 0.29) is 36.0 Å². The molecule has 0 bridgehead atoms. The summed E-state index contributed by atoms with van der Waals surface area (Å²) in [7, 11) is -3.82. The van der Waals surface area contributed by atoms with Gasteiger partial charge in [-0.2, -0.15) is 4.31 Å². The van der Waals surface area contributed by atoms with Crippen molar-refractivity contribution in [3.05, 3.63) is 24.3 Å². The molecule has 1 saturated carbocycles. The Labute approximate surface area is 161 Å². The second-order valence-electron chi connectivity index (χ2n) is 7.09. The Bertz CT molecular complexity index is 802. The first kappa shape index (κ1) is 20.9. The standard InChI is InChI=1S/C17H22F3N3O4S/c1-12(16(24)21-13-2-3-13)22-8-10-23(11-9-22)28(25,26)15-6-4-14(5-7-15)27-17(18,19)20/h4-7,12-13H,2-3,8-11H2,1H3,(H,21,24)/p+1/t12-/m1/s1. The van der Waals surface area contributed by atoms with Crippen molar-refractivity contribution in [2.45, 2.75) is 43.1 Å². The number of piperazine rings is 1. The summed E-state index contributed by atoms with van der Waals surface area (Å²) in [5.41, 5.74) is 0. The van der Waals surface area contributed by atoms with E-state index in [9.17, 15) is 26.4 Å². The summed E-state index contributed by atoms with van der Waals surface area (Å²) >= 11 is 0. The molecule has 0 unspecified atom stereocenters. The molecular formula is C17H23F3N3O4S+. The summed E-state index contributed by atoms with van der Waals surface area (Å²) in [6.07, 6.45) is -2.82. The number of ether oxygens (including phenoxy) is 1. The fourth-order valence-corrected chi connectivity index (χ4v) is 4.59. The third-order valence-corrected chi connectivity index (χ3v) is 6.90. The highest BCUT2D eigenvalue weighted by molar-refractivity contribution is 7.89. The van der Waals surface area contributed by atoms with Crippen LogP contribution in [0.3, 0.4) is 0 Å². The Kier molecular flexibility index (Phi) is 5.87. The first-order valence-corrected chi connectivity index (χ1v) is 10.5. The molecule has 2 aliphatic rings. The van der Waals surface area contributed by atoms with Crippen molar-refractivity contribution in [1.29, 1.82) is 0 Å². The molecule has 0 spiro atoms. The van der Waals surface area contributed by atoms with Gasteiger partial charge in [-0.1, -0.05) is 0 Å². The number of hydrogen-bond acceptors (Lipinski definition) is 4. The van der Waals surface area contributed by atoms with E-state index in [0.29, 0.717) is 13.1 Å². The van der Waals surface area contributed by atoms with E-state index in [1.165, 1.54) is 4.31 Å². The van der Waals surface area contributed by atoms with Gasteiger partial charge in [-0.05, 0) is 44.0 Å². The molecule has 3 rings (SSSR count). The molecule has 7 nitrogen and oxygen atoms in total. The van der Waals surface area contributed by atoms with Crippen LogP contribution in [0.1, 0.15) is 19.8 Å². The number of rotatable bonds is 6. The number of nitrogens with one attached hydrogen (secondary N) is 2. The van der Waals surface area contributed by atoms with Gasteiger partial charge in [-0.15, -0.1) is 13.2 Å². The number of sulfonamides is 1. The molecule has 1 amide bonds. The van der Waals surface area contributed by atoms with Crippen LogP contribution in [0.2, 0.25) is 0 Å². The van der Waals surface area contributed by atoms with Crippen molar-refractivity contribution in [1.82, 2.24) is 9.62 Å². The van der Waals surface area contributed by atoms with Gasteiger partial charge < -0.3 is 15.0 Å². The van der Waals surface area contributed by atoms with Crippen LogP contribution in [0, 0.1) is 0 Å². The molecule has 1 heterocycles. The zero-order valence-electron chi connectivity index (χ0n) is 15.3. The fraction of sp³-hybridized carbons (Fsp3) is 0.588. The van der Waals surface area contributed by atoms with E-state index in [4.69, 9.17) is 0 Å². The molecular weight excluding hydrogens is 399 g/mol. The van der Waals surface area contributed by atoms with Crippen molar-refractivity contribution in [2.75, 3.05) is 26.2 Å². The van der Waals surface area contributed by atoms with Gasteiger partial charge in [0.25, 0.3) is 5.91 Å². The van der Waals surface area contributed by atoms with E-state index in [1.807, 2.05) is 6.92 Å². The summed E-state index contributed by atoms with van der Waals surface area (Å²) in [6.45, 7) is 3.26. The largest absolute Gasteiger partial charge is 0.573 e. The maximum atomic E-state index is 12.7. The molecule has 1 atom stereocenters. The molecule has 0 aromatic heterocycles. The summed E-state index contributed by atoms with van der Waals surface area (Å²) in [5.74, 6) is -0.495. The molecule has 0 radical (unpaired) electrons. The third kappa shape index (κ3) is 5.15. The first-order chi connectivity index (χ1) is 13.1. The van der Waals surface area contributed by atoms with Crippen LogP contribution in [0.15, 0.2) is 29.2 Å². The fourth-order valence-electron chi connectivity index (χ4n) is 3.15. The summed E-state index contributed by atoms with van der Waals surface area (Å²) in [4.78, 5) is 13.1. The van der Waals surface area contributed by atoms with Gasteiger partial charge in [0.2, 0.25) is 10.0 Å². The zero-order chi connectivity index (χ0) is 20.5. The van der Waals surface area contributed by atoms with E-state index in [2.05, 4.69) is 10.1 Å². The zero-order valence-corrected chi connectivity index (χ0v) is 16.1. The van der Waals surface area contributed by atoms with Crippen molar-refractivity contribution < 1.29 is 36.0 Å². The van der Waals surface area contributed by atoms with Gasteiger partial charge in [0.1, 0.15) is 5.75 Å². The van der Waals surface area contributed by atoms with Crippen LogP contribution in [0.25, 0.3) is 0 Å². The third-order valence-electron chi connectivity index (χ3n) is 4.99. The van der Waals surface area contributed by atoms with E-state index >= 15 is 0 Å². The average Bonchev–Trinajstić information content (AvgIpc) is 3.44. The topological polar surface area (TPSA) is 80.2 Å². The second kappa shape index (κ2) is 7.88. The Morgan fingerprint density at radius 3 is 2.29 bits per heavy atom. The summed E-state index contributed by atoms with van der Waals surface area (Å²) < 4.78 is 67.2. The van der Waals surface area contributed by atoms with Crippen molar-refractivity contribution in [3.63, 3.8) is 0 Å². The highest BCUT2D eigenvalue weighted by Gasteiger charge is 2.36. The lowest BCUT2D eigenvalue weighted by molar-refractivity contribution is -0.917. The van der Waals surface area contributed by atoms with Crippen LogP contribution >= 0.6 is 0 Å². The molecule has 1 aromatic rings. The monoisotopic (exact) mass is 422 g/mol. The molecule has 11 heteroatoms. The predicted octanol–water partition coefficient (Wildman–Crippen LogP) is 0.142. The number of halogens is 3. The van der Waals surface area contributed by atoms with E-state index in [1.54, 1.807) is 0 Å². The number of carbonyl (C=O) groups is 1. The number of benzene rings is 1. The van der Waals surface area contributed by atoms with Crippen LogP contribution in [-0.2, 0) is 14.8 Å². The lowest BCUT2D eigenvalue weighted by atomic mass is 10.2. The van der Waals surface area contributed by atoms with Crippen LogP contribution in [-0.4, -0.2) is 63.3 Å². The number of hydrogen-bond donors (Lipinski definition) is 2. The molecule has 2 fully saturated rings. The Hall–Kier alpha value is -1.85. The van der Waals surface area contributed by atoms with Crippen molar-refractivity contribution >= 4 is 15.9 Å². The van der Waals surface area contributed by atoms with Crippen LogP contribution in [0.5, 0.6) is 5.75 Å². The maximum Gasteiger partial charge on any atom is 0.573 e. The van der Waals surface area contributed by atoms with E-state index in [0.717, 1.165) is 42.0 Å². The quantitative estimate of drug-likeness (QED) is 0.684. The van der Waals surface area contributed by atoms with Gasteiger partial charge in [0, 0.05) is 6.04 Å². The van der Waals surface area contributed by atoms with E-state index < -0.39 is 22.1 Å². The number of nitrogens with zero attached hydrogens (tertiary/aromatic N) is 1. The molecule has 1 aromatic carbocycles. The second-order valence-corrected chi connectivity index (χ2v) is 9.02. The number of quaternary nitrogens is 1. The van der Waals surface area contributed by atoms with Gasteiger partial charge in [0.15, 0.2) is 6.04 Å². The van der Waals surface area contributed by atoms with Crippen molar-refractivity contribution in [3.8, 4) is 5.75 Å². The summed E-state index contributed by atoms with van der Waals surface area (Å²) in [5, 5.41) is 2.96. The lowest BCUT2D eigenvalue weighted by Crippen LogP contribution is -3.19. The van der Waals surface area contributed by atoms with Crippen LogP contribution in [0.4, 0.5) is 13.2 Å². The van der Waals surface area contributed by atoms with Crippen LogP contribution < -0.4 is 15.0 Å². The normalized spacial score (nSPS) is 20.6. The summed E-state index contributed by atoms with van der Waals surface area (Å²) in [6, 6.07) is 4.17. The molecule has 1 aliphatic heterocycles. The highest BCUT2D eigenvalue weighted by Crippen LogP contribution is 2.25. The SMILES string of the molecule is C[C@H](C(=O)NC1CC1)[NH+]1CCN(S(=O)(=O)c2ccc(OC(F)(F)F)cc2)CC1.